The number of nitrogens with one attached hydrogen (secondary N) is 1. The van der Waals surface area contributed by atoms with Crippen LogP contribution in [-0.2, 0) is 19.1 Å². The van der Waals surface area contributed by atoms with Crippen LogP contribution in [0.4, 0.5) is 0 Å². The second-order valence-corrected chi connectivity index (χ2v) is 5.77. The first-order chi connectivity index (χ1) is 11.5. The van der Waals surface area contributed by atoms with E-state index in [0.717, 1.165) is 0 Å². The second kappa shape index (κ2) is 8.44. The Morgan fingerprint density at radius 1 is 1.17 bits per heavy atom. The molecule has 0 aromatic heterocycles. The van der Waals surface area contributed by atoms with Crippen molar-refractivity contribution in [3.8, 4) is 0 Å². The van der Waals surface area contributed by atoms with E-state index < -0.39 is 5.97 Å². The molecule has 130 valence electrons. The Hall–Kier alpha value is -2.41. The van der Waals surface area contributed by atoms with E-state index in [1.54, 1.807) is 35.2 Å². The van der Waals surface area contributed by atoms with Gasteiger partial charge in [-0.2, -0.15) is 0 Å². The van der Waals surface area contributed by atoms with Gasteiger partial charge in [-0.05, 0) is 26.0 Å². The number of nitrogens with zero attached hydrogens (tertiary/aromatic N) is 1. The predicted octanol–water partition coefficient (Wildman–Crippen LogP) is 0.595. The predicted molar refractivity (Wildman–Crippen MR) is 86.3 cm³/mol. The van der Waals surface area contributed by atoms with E-state index >= 15 is 0 Å². The average molecular weight is 334 g/mol. The van der Waals surface area contributed by atoms with Crippen molar-refractivity contribution in [3.05, 3.63) is 35.9 Å². The molecule has 1 saturated heterocycles. The molecule has 1 aliphatic heterocycles. The summed E-state index contributed by atoms with van der Waals surface area (Å²) in [5, 5.41) is 2.46. The molecule has 1 heterocycles. The molecule has 2 amide bonds. The van der Waals surface area contributed by atoms with E-state index in [4.69, 9.17) is 9.47 Å². The van der Waals surface area contributed by atoms with Crippen molar-refractivity contribution in [1.82, 2.24) is 10.2 Å². The van der Waals surface area contributed by atoms with Gasteiger partial charge in [-0.15, -0.1) is 0 Å². The number of esters is 1. The Labute approximate surface area is 140 Å². The minimum Gasteiger partial charge on any atom is -0.454 e. The molecule has 24 heavy (non-hydrogen) atoms. The molecule has 0 bridgehead atoms. The van der Waals surface area contributed by atoms with Crippen LogP contribution in [0.25, 0.3) is 0 Å². The molecule has 1 N–H and O–H groups in total. The maximum Gasteiger partial charge on any atom is 0.325 e. The molecule has 2 atom stereocenters. The van der Waals surface area contributed by atoms with E-state index in [1.165, 1.54) is 0 Å². The number of carbonyl (C=O) groups excluding carboxylic acids is 3. The number of rotatable bonds is 5. The quantitative estimate of drug-likeness (QED) is 0.797. The van der Waals surface area contributed by atoms with Crippen LogP contribution in [0, 0.1) is 0 Å². The lowest BCUT2D eigenvalue weighted by atomic mass is 10.2. The van der Waals surface area contributed by atoms with Crippen LogP contribution in [0.1, 0.15) is 24.2 Å². The van der Waals surface area contributed by atoms with E-state index in [0.29, 0.717) is 18.7 Å². The zero-order chi connectivity index (χ0) is 17.5. The molecule has 0 unspecified atom stereocenters. The minimum absolute atomic E-state index is 0.0430. The fraction of sp³-hybridized carbons (Fsp3) is 0.471. The first kappa shape index (κ1) is 17.9. The van der Waals surface area contributed by atoms with Crippen molar-refractivity contribution in [3.63, 3.8) is 0 Å². The fourth-order valence-corrected chi connectivity index (χ4v) is 2.51. The van der Waals surface area contributed by atoms with Crippen LogP contribution in [0.5, 0.6) is 0 Å². The van der Waals surface area contributed by atoms with Crippen molar-refractivity contribution < 1.29 is 23.9 Å². The van der Waals surface area contributed by atoms with Gasteiger partial charge in [-0.3, -0.25) is 14.4 Å². The summed E-state index contributed by atoms with van der Waals surface area (Å²) in [6.45, 7) is 4.12. The highest BCUT2D eigenvalue weighted by molar-refractivity contribution is 5.96. The van der Waals surface area contributed by atoms with E-state index in [1.807, 2.05) is 13.8 Å². The van der Waals surface area contributed by atoms with E-state index in [-0.39, 0.29) is 37.2 Å². The maximum absolute atomic E-state index is 12.1. The summed E-state index contributed by atoms with van der Waals surface area (Å²) < 4.78 is 10.5. The van der Waals surface area contributed by atoms with Crippen molar-refractivity contribution in [2.45, 2.75) is 26.1 Å². The van der Waals surface area contributed by atoms with Gasteiger partial charge in [-0.25, -0.2) is 0 Å². The van der Waals surface area contributed by atoms with Crippen molar-refractivity contribution in [2.75, 3.05) is 26.2 Å². The topological polar surface area (TPSA) is 84.9 Å². The number of ether oxygens (including phenoxy) is 2. The Morgan fingerprint density at radius 2 is 1.79 bits per heavy atom. The summed E-state index contributed by atoms with van der Waals surface area (Å²) in [6, 6.07) is 8.55. The van der Waals surface area contributed by atoms with Gasteiger partial charge in [0.1, 0.15) is 6.54 Å². The van der Waals surface area contributed by atoms with Crippen molar-refractivity contribution in [1.29, 1.82) is 0 Å². The second-order valence-electron chi connectivity index (χ2n) is 5.77. The number of hydrogen-bond donors (Lipinski definition) is 1. The highest BCUT2D eigenvalue weighted by Crippen LogP contribution is 2.10. The molecule has 0 spiro atoms. The highest BCUT2D eigenvalue weighted by atomic mass is 16.5. The van der Waals surface area contributed by atoms with Gasteiger partial charge in [0, 0.05) is 18.7 Å². The fourth-order valence-electron chi connectivity index (χ4n) is 2.51. The minimum atomic E-state index is -0.651. The molecule has 0 aliphatic carbocycles. The van der Waals surface area contributed by atoms with Gasteiger partial charge in [0.25, 0.3) is 11.8 Å². The number of hydrogen-bond acceptors (Lipinski definition) is 5. The van der Waals surface area contributed by atoms with Crippen LogP contribution in [-0.4, -0.2) is 61.1 Å². The summed E-state index contributed by atoms with van der Waals surface area (Å²) in [7, 11) is 0. The number of carbonyl (C=O) groups is 3. The molecule has 1 fully saturated rings. The largest absolute Gasteiger partial charge is 0.454 e. The maximum atomic E-state index is 12.1. The summed E-state index contributed by atoms with van der Waals surface area (Å²) in [5.41, 5.74) is 0.456. The smallest absolute Gasteiger partial charge is 0.325 e. The Kier molecular flexibility index (Phi) is 6.31. The van der Waals surface area contributed by atoms with Gasteiger partial charge in [0.05, 0.1) is 12.2 Å². The highest BCUT2D eigenvalue weighted by Gasteiger charge is 2.26. The number of amides is 2. The Balaban J connectivity index is 1.71. The first-order valence-electron chi connectivity index (χ1n) is 7.88. The molecular weight excluding hydrogens is 312 g/mol. The third-order valence-corrected chi connectivity index (χ3v) is 3.56. The van der Waals surface area contributed by atoms with E-state index in [2.05, 4.69) is 5.32 Å². The third kappa shape index (κ3) is 5.34. The Morgan fingerprint density at radius 3 is 2.42 bits per heavy atom. The molecule has 1 aromatic carbocycles. The summed E-state index contributed by atoms with van der Waals surface area (Å²) in [6.07, 6.45) is -0.0860. The van der Waals surface area contributed by atoms with Crippen molar-refractivity contribution >= 4 is 17.8 Å². The summed E-state index contributed by atoms with van der Waals surface area (Å²) in [4.78, 5) is 37.1. The molecule has 7 nitrogen and oxygen atoms in total. The summed E-state index contributed by atoms with van der Waals surface area (Å²) in [5.74, 6) is -1.28. The van der Waals surface area contributed by atoms with Crippen LogP contribution in [0.15, 0.2) is 30.3 Å². The van der Waals surface area contributed by atoms with Gasteiger partial charge < -0.3 is 19.7 Å². The van der Waals surface area contributed by atoms with Crippen LogP contribution < -0.4 is 5.32 Å². The first-order valence-corrected chi connectivity index (χ1v) is 7.88. The standard InChI is InChI=1S/C17H22N2O5/c1-12-9-19(10-13(2)24-12)15(20)11-23-16(21)8-18-17(22)14-6-4-3-5-7-14/h3-7,12-13H,8-11H2,1-2H3,(H,18,22)/t12-,13+. The normalized spacial score (nSPS) is 20.3. The Bertz CT molecular complexity index is 580. The number of benzene rings is 1. The lowest BCUT2D eigenvalue weighted by molar-refractivity contribution is -0.156. The average Bonchev–Trinajstić information content (AvgIpc) is 2.57. The SMILES string of the molecule is C[C@@H]1CN(C(=O)COC(=O)CNC(=O)c2ccccc2)C[C@H](C)O1. The van der Waals surface area contributed by atoms with Gasteiger partial charge in [0.15, 0.2) is 6.61 Å². The van der Waals surface area contributed by atoms with Gasteiger partial charge in [0.2, 0.25) is 0 Å². The molecule has 7 heteroatoms. The molecule has 2 rings (SSSR count). The lowest BCUT2D eigenvalue weighted by Gasteiger charge is -2.35. The van der Waals surface area contributed by atoms with Crippen LogP contribution >= 0.6 is 0 Å². The monoisotopic (exact) mass is 334 g/mol. The van der Waals surface area contributed by atoms with Gasteiger partial charge in [-0.1, -0.05) is 18.2 Å². The molecule has 0 radical (unpaired) electrons. The van der Waals surface area contributed by atoms with Crippen LogP contribution in [0.3, 0.4) is 0 Å². The zero-order valence-corrected chi connectivity index (χ0v) is 13.9. The van der Waals surface area contributed by atoms with Gasteiger partial charge >= 0.3 is 5.97 Å². The molecular formula is C17H22N2O5. The summed E-state index contributed by atoms with van der Waals surface area (Å²) >= 11 is 0. The molecule has 1 aliphatic rings. The molecule has 1 aromatic rings. The number of morpholine rings is 1. The van der Waals surface area contributed by atoms with E-state index in [9.17, 15) is 14.4 Å². The molecule has 0 saturated carbocycles. The van der Waals surface area contributed by atoms with Crippen molar-refractivity contribution in [2.24, 2.45) is 0 Å². The van der Waals surface area contributed by atoms with Crippen LogP contribution in [0.2, 0.25) is 0 Å². The lowest BCUT2D eigenvalue weighted by Crippen LogP contribution is -2.49. The zero-order valence-electron chi connectivity index (χ0n) is 13.9. The third-order valence-electron chi connectivity index (χ3n) is 3.56.